The van der Waals surface area contributed by atoms with E-state index in [1.54, 1.807) is 6.26 Å². The molecule has 0 aromatic carbocycles. The molecule has 0 rings (SSSR count). The molecule has 0 N–H and O–H groups in total. The molecule has 0 heterocycles. The largest absolute Gasteiger partial charge is 0.250 e. The van der Waals surface area contributed by atoms with E-state index in [0.717, 1.165) is 0 Å². The van der Waals surface area contributed by atoms with Crippen LogP contribution in [-0.4, -0.2) is 21.3 Å². The number of hydrogen-bond acceptors (Lipinski definition) is 2. The van der Waals surface area contributed by atoms with Gasteiger partial charge in [-0.3, -0.25) is 0 Å². The Balaban J connectivity index is 4.84. The predicted octanol–water partition coefficient (Wildman–Crippen LogP) is 2.29. The van der Waals surface area contributed by atoms with Crippen molar-refractivity contribution in [3.8, 4) is 0 Å². The van der Waals surface area contributed by atoms with E-state index in [0.29, 0.717) is 0 Å². The smallest absolute Gasteiger partial charge is 0.0618 e. The van der Waals surface area contributed by atoms with E-state index in [2.05, 4.69) is 4.36 Å². The third kappa shape index (κ3) is 4.40. The third-order valence-corrected chi connectivity index (χ3v) is 3.99. The molecule has 3 heteroatoms. The Morgan fingerprint density at radius 1 is 1.27 bits per heavy atom. The zero-order chi connectivity index (χ0) is 9.28. The van der Waals surface area contributed by atoms with E-state index in [9.17, 15) is 4.21 Å². The lowest BCUT2D eigenvalue weighted by Gasteiger charge is -2.17. The molecular weight excluding hydrogens is 158 g/mol. The Bertz CT molecular complexity index is 229. The second-order valence-electron chi connectivity index (χ2n) is 4.17. The molecular formula is C8H19NOS. The van der Waals surface area contributed by atoms with Gasteiger partial charge in [0.1, 0.15) is 0 Å². The minimum absolute atomic E-state index is 0.140. The highest BCUT2D eigenvalue weighted by molar-refractivity contribution is 7.93. The molecule has 2 nitrogen and oxygen atoms in total. The molecule has 0 fully saturated rings. The minimum atomic E-state index is -1.98. The lowest BCUT2D eigenvalue weighted by molar-refractivity contribution is 0.579. The van der Waals surface area contributed by atoms with Gasteiger partial charge in [-0.05, 0) is 20.8 Å². The fourth-order valence-electron chi connectivity index (χ4n) is 0.649. The first kappa shape index (κ1) is 11.0. The van der Waals surface area contributed by atoms with Crippen LogP contribution in [0.15, 0.2) is 4.36 Å². The summed E-state index contributed by atoms with van der Waals surface area (Å²) < 4.78 is 16.0. The van der Waals surface area contributed by atoms with Crippen molar-refractivity contribution >= 4 is 9.73 Å². The molecule has 0 spiro atoms. The standard InChI is InChI=1S/C8H19NOS/c1-7(2)11(6,10)9-8(3,4)5/h7H,1-6H3. The molecule has 0 amide bonds. The second-order valence-corrected chi connectivity index (χ2v) is 7.02. The first-order valence-electron chi connectivity index (χ1n) is 3.87. The Morgan fingerprint density at radius 2 is 1.64 bits per heavy atom. The van der Waals surface area contributed by atoms with Crippen molar-refractivity contribution in [2.45, 2.75) is 45.4 Å². The van der Waals surface area contributed by atoms with Gasteiger partial charge >= 0.3 is 0 Å². The number of hydrogen-bond donors (Lipinski definition) is 0. The van der Waals surface area contributed by atoms with Crippen molar-refractivity contribution in [2.75, 3.05) is 6.26 Å². The monoisotopic (exact) mass is 177 g/mol. The van der Waals surface area contributed by atoms with Crippen molar-refractivity contribution < 1.29 is 4.21 Å². The molecule has 0 aliphatic rings. The Kier molecular flexibility index (Phi) is 3.12. The molecule has 11 heavy (non-hydrogen) atoms. The predicted molar refractivity (Wildman–Crippen MR) is 51.4 cm³/mol. The van der Waals surface area contributed by atoms with Crippen LogP contribution < -0.4 is 0 Å². The zero-order valence-electron chi connectivity index (χ0n) is 8.34. The van der Waals surface area contributed by atoms with Gasteiger partial charge < -0.3 is 0 Å². The van der Waals surface area contributed by atoms with Crippen molar-refractivity contribution in [2.24, 2.45) is 4.36 Å². The highest BCUT2D eigenvalue weighted by Crippen LogP contribution is 2.12. The van der Waals surface area contributed by atoms with E-state index in [1.807, 2.05) is 34.6 Å². The van der Waals surface area contributed by atoms with E-state index in [4.69, 9.17) is 0 Å². The molecule has 0 aliphatic carbocycles. The van der Waals surface area contributed by atoms with Crippen molar-refractivity contribution in [3.05, 3.63) is 0 Å². The van der Waals surface area contributed by atoms with Gasteiger partial charge in [-0.25, -0.2) is 8.57 Å². The molecule has 0 bridgehead atoms. The summed E-state index contributed by atoms with van der Waals surface area (Å²) in [5.74, 6) is 0. The van der Waals surface area contributed by atoms with Crippen molar-refractivity contribution in [1.29, 1.82) is 0 Å². The van der Waals surface area contributed by atoms with Crippen LogP contribution in [0.1, 0.15) is 34.6 Å². The number of nitrogens with zero attached hydrogens (tertiary/aromatic N) is 1. The summed E-state index contributed by atoms with van der Waals surface area (Å²) in [5, 5.41) is 0.140. The summed E-state index contributed by atoms with van der Waals surface area (Å²) in [6.07, 6.45) is 1.73. The van der Waals surface area contributed by atoms with Gasteiger partial charge in [-0.1, -0.05) is 13.8 Å². The van der Waals surface area contributed by atoms with E-state index in [1.165, 1.54) is 0 Å². The highest BCUT2D eigenvalue weighted by atomic mass is 32.2. The van der Waals surface area contributed by atoms with Gasteiger partial charge in [0.05, 0.1) is 5.54 Å². The van der Waals surface area contributed by atoms with Gasteiger partial charge in [-0.15, -0.1) is 0 Å². The maximum absolute atomic E-state index is 11.7. The molecule has 0 saturated carbocycles. The van der Waals surface area contributed by atoms with Crippen LogP contribution in [0.5, 0.6) is 0 Å². The molecule has 0 aromatic rings. The summed E-state index contributed by atoms with van der Waals surface area (Å²) in [5.41, 5.74) is -0.184. The highest BCUT2D eigenvalue weighted by Gasteiger charge is 2.14. The van der Waals surface area contributed by atoms with Gasteiger partial charge in [0.15, 0.2) is 0 Å². The molecule has 0 radical (unpaired) electrons. The lowest BCUT2D eigenvalue weighted by Crippen LogP contribution is -2.19. The van der Waals surface area contributed by atoms with Gasteiger partial charge in [0.2, 0.25) is 0 Å². The van der Waals surface area contributed by atoms with Gasteiger partial charge in [0, 0.05) is 21.2 Å². The first-order valence-corrected chi connectivity index (χ1v) is 5.86. The summed E-state index contributed by atoms with van der Waals surface area (Å²) in [7, 11) is -1.98. The Morgan fingerprint density at radius 3 is 1.73 bits per heavy atom. The van der Waals surface area contributed by atoms with E-state index in [-0.39, 0.29) is 10.8 Å². The van der Waals surface area contributed by atoms with E-state index < -0.39 is 9.73 Å². The normalized spacial score (nSPS) is 18.1. The van der Waals surface area contributed by atoms with Crippen LogP contribution in [-0.2, 0) is 9.73 Å². The Labute approximate surface area is 70.6 Å². The van der Waals surface area contributed by atoms with Crippen molar-refractivity contribution in [3.63, 3.8) is 0 Å². The average molecular weight is 177 g/mol. The molecule has 0 saturated heterocycles. The second kappa shape index (κ2) is 3.13. The van der Waals surface area contributed by atoms with Crippen molar-refractivity contribution in [1.82, 2.24) is 0 Å². The molecule has 0 aliphatic heterocycles. The quantitative estimate of drug-likeness (QED) is 0.604. The van der Waals surface area contributed by atoms with Crippen LogP contribution in [0.2, 0.25) is 0 Å². The minimum Gasteiger partial charge on any atom is -0.250 e. The Hall–Kier alpha value is -0.0500. The van der Waals surface area contributed by atoms with Crippen LogP contribution in [0.3, 0.4) is 0 Å². The summed E-state index contributed by atoms with van der Waals surface area (Å²) >= 11 is 0. The summed E-state index contributed by atoms with van der Waals surface area (Å²) in [6.45, 7) is 9.80. The first-order chi connectivity index (χ1) is 4.65. The summed E-state index contributed by atoms with van der Waals surface area (Å²) in [6, 6.07) is 0. The maximum atomic E-state index is 11.7. The van der Waals surface area contributed by atoms with Gasteiger partial charge in [0.25, 0.3) is 0 Å². The summed E-state index contributed by atoms with van der Waals surface area (Å²) in [4.78, 5) is 0. The third-order valence-electron chi connectivity index (χ3n) is 1.33. The van der Waals surface area contributed by atoms with Crippen LogP contribution in [0.25, 0.3) is 0 Å². The van der Waals surface area contributed by atoms with Gasteiger partial charge in [-0.2, -0.15) is 0 Å². The SMILES string of the molecule is CC(C)S(C)(=O)=NC(C)(C)C. The van der Waals surface area contributed by atoms with Crippen LogP contribution in [0, 0.1) is 0 Å². The fraction of sp³-hybridized carbons (Fsp3) is 1.00. The lowest BCUT2D eigenvalue weighted by atomic mass is 10.1. The van der Waals surface area contributed by atoms with E-state index >= 15 is 0 Å². The fourth-order valence-corrected chi connectivity index (χ4v) is 1.95. The molecule has 1 atom stereocenters. The number of rotatable bonds is 1. The topological polar surface area (TPSA) is 29.4 Å². The zero-order valence-corrected chi connectivity index (χ0v) is 9.16. The van der Waals surface area contributed by atoms with Crippen LogP contribution in [0.4, 0.5) is 0 Å². The van der Waals surface area contributed by atoms with Crippen LogP contribution >= 0.6 is 0 Å². The maximum Gasteiger partial charge on any atom is 0.0618 e. The average Bonchev–Trinajstić information content (AvgIpc) is 1.56. The molecule has 1 unspecified atom stereocenters. The molecule has 68 valence electrons. The molecule has 0 aromatic heterocycles.